The number of carbonyl (C=O) groups is 1. The second-order valence-electron chi connectivity index (χ2n) is 4.39. The van der Waals surface area contributed by atoms with Gasteiger partial charge in [-0.15, -0.1) is 10.2 Å². The van der Waals surface area contributed by atoms with Crippen molar-refractivity contribution >= 4 is 17.7 Å². The molecule has 6 nitrogen and oxygen atoms in total. The summed E-state index contributed by atoms with van der Waals surface area (Å²) >= 11 is 1.17. The Hall–Kier alpha value is -2.02. The molecule has 1 heterocycles. The van der Waals surface area contributed by atoms with Crippen LogP contribution in [0.1, 0.15) is 18.3 Å². The highest BCUT2D eigenvalue weighted by molar-refractivity contribution is 7.99. The van der Waals surface area contributed by atoms with E-state index in [1.165, 1.54) is 11.8 Å². The molecule has 0 saturated heterocycles. The smallest absolute Gasteiger partial charge is 0.313 e. The molecule has 0 aliphatic carbocycles. The van der Waals surface area contributed by atoms with Gasteiger partial charge >= 0.3 is 5.97 Å². The van der Waals surface area contributed by atoms with E-state index in [0.717, 1.165) is 17.1 Å². The number of hydrogen-bond acceptors (Lipinski definition) is 5. The van der Waals surface area contributed by atoms with E-state index < -0.39 is 5.97 Å². The minimum atomic E-state index is -0.865. The van der Waals surface area contributed by atoms with Crippen LogP contribution in [-0.4, -0.2) is 38.2 Å². The molecule has 1 N–H and O–H groups in total. The van der Waals surface area contributed by atoms with Crippen LogP contribution in [0.4, 0.5) is 0 Å². The first-order valence-corrected chi connectivity index (χ1v) is 7.53. The van der Waals surface area contributed by atoms with Crippen molar-refractivity contribution in [2.75, 3.05) is 12.4 Å². The minimum absolute atomic E-state index is 0.0188. The maximum absolute atomic E-state index is 10.6. The van der Waals surface area contributed by atoms with E-state index in [1.54, 1.807) is 0 Å². The molecule has 7 heteroatoms. The molecule has 0 atom stereocenters. The van der Waals surface area contributed by atoms with Crippen molar-refractivity contribution in [3.8, 4) is 5.75 Å². The number of aromatic nitrogens is 3. The Morgan fingerprint density at radius 1 is 1.33 bits per heavy atom. The van der Waals surface area contributed by atoms with Crippen molar-refractivity contribution in [2.45, 2.75) is 18.5 Å². The van der Waals surface area contributed by atoms with Gasteiger partial charge in [-0.2, -0.15) is 0 Å². The first-order valence-electron chi connectivity index (χ1n) is 6.54. The van der Waals surface area contributed by atoms with Crippen LogP contribution in [-0.2, 0) is 18.3 Å². The van der Waals surface area contributed by atoms with Crippen LogP contribution in [0.25, 0.3) is 0 Å². The molecule has 0 unspecified atom stereocenters. The highest BCUT2D eigenvalue weighted by Crippen LogP contribution is 2.18. The van der Waals surface area contributed by atoms with Gasteiger partial charge in [0.2, 0.25) is 0 Å². The first kappa shape index (κ1) is 15.4. The van der Waals surface area contributed by atoms with Crippen molar-refractivity contribution in [3.05, 3.63) is 35.7 Å². The topological polar surface area (TPSA) is 77.2 Å². The lowest BCUT2D eigenvalue weighted by atomic mass is 10.1. The maximum atomic E-state index is 10.6. The maximum Gasteiger partial charge on any atom is 0.313 e. The zero-order valence-corrected chi connectivity index (χ0v) is 12.8. The predicted molar refractivity (Wildman–Crippen MR) is 79.8 cm³/mol. The van der Waals surface area contributed by atoms with E-state index in [2.05, 4.69) is 10.2 Å². The van der Waals surface area contributed by atoms with Gasteiger partial charge in [-0.3, -0.25) is 4.79 Å². The number of hydrogen-bond donors (Lipinski definition) is 1. The quantitative estimate of drug-likeness (QED) is 0.788. The highest BCUT2D eigenvalue weighted by atomic mass is 32.2. The van der Waals surface area contributed by atoms with E-state index in [1.807, 2.05) is 42.8 Å². The molecule has 0 amide bonds. The molecule has 112 valence electrons. The van der Waals surface area contributed by atoms with Crippen molar-refractivity contribution in [1.82, 2.24) is 14.8 Å². The largest absolute Gasteiger partial charge is 0.494 e. The average Bonchev–Trinajstić information content (AvgIpc) is 2.80. The molecule has 0 aliphatic rings. The molecule has 0 saturated carbocycles. The zero-order chi connectivity index (χ0) is 15.2. The second kappa shape index (κ2) is 7.12. The molecular weight excluding hydrogens is 290 g/mol. The lowest BCUT2D eigenvalue weighted by Gasteiger charge is -2.05. The molecule has 0 fully saturated rings. The third kappa shape index (κ3) is 4.22. The minimum Gasteiger partial charge on any atom is -0.494 e. The molecule has 2 rings (SSSR count). The van der Waals surface area contributed by atoms with Crippen LogP contribution in [0.15, 0.2) is 29.4 Å². The second-order valence-corrected chi connectivity index (χ2v) is 5.34. The Morgan fingerprint density at radius 3 is 2.67 bits per heavy atom. The van der Waals surface area contributed by atoms with Crippen molar-refractivity contribution < 1.29 is 14.6 Å². The molecular formula is C14H17N3O3S. The summed E-state index contributed by atoms with van der Waals surface area (Å²) in [6.45, 7) is 2.59. The Kier molecular flexibility index (Phi) is 5.21. The number of ether oxygens (including phenoxy) is 1. The third-order valence-corrected chi connectivity index (χ3v) is 3.85. The molecule has 21 heavy (non-hydrogen) atoms. The fourth-order valence-corrected chi connectivity index (χ4v) is 2.45. The van der Waals surface area contributed by atoms with E-state index in [4.69, 9.17) is 9.84 Å². The third-order valence-electron chi connectivity index (χ3n) is 2.85. The summed E-state index contributed by atoms with van der Waals surface area (Å²) in [6, 6.07) is 7.83. The molecule has 0 spiro atoms. The first-order chi connectivity index (χ1) is 10.1. The van der Waals surface area contributed by atoms with E-state index in [-0.39, 0.29) is 5.75 Å². The Morgan fingerprint density at radius 2 is 2.05 bits per heavy atom. The van der Waals surface area contributed by atoms with Crippen LogP contribution < -0.4 is 4.74 Å². The summed E-state index contributed by atoms with van der Waals surface area (Å²) < 4.78 is 7.22. The van der Waals surface area contributed by atoms with E-state index >= 15 is 0 Å². The van der Waals surface area contributed by atoms with Crippen LogP contribution in [0.3, 0.4) is 0 Å². The lowest BCUT2D eigenvalue weighted by molar-refractivity contribution is -0.133. The van der Waals surface area contributed by atoms with Crippen LogP contribution >= 0.6 is 11.8 Å². The van der Waals surface area contributed by atoms with Gasteiger partial charge in [-0.1, -0.05) is 23.9 Å². The summed E-state index contributed by atoms with van der Waals surface area (Å²) in [5.41, 5.74) is 1.10. The van der Waals surface area contributed by atoms with Crippen LogP contribution in [0, 0.1) is 0 Å². The standard InChI is InChI=1S/C14H17N3O3S/c1-3-20-11-6-4-10(5-7-11)8-12-15-16-14(17(12)2)21-9-13(18)19/h4-7H,3,8-9H2,1-2H3,(H,18,19). The summed E-state index contributed by atoms with van der Waals surface area (Å²) in [7, 11) is 1.84. The number of benzene rings is 1. The van der Waals surface area contributed by atoms with Crippen LogP contribution in [0.5, 0.6) is 5.75 Å². The predicted octanol–water partition coefficient (Wildman–Crippen LogP) is 1.98. The average molecular weight is 307 g/mol. The fraction of sp³-hybridized carbons (Fsp3) is 0.357. The summed E-state index contributed by atoms with van der Waals surface area (Å²) in [6.07, 6.45) is 0.642. The highest BCUT2D eigenvalue weighted by Gasteiger charge is 2.11. The van der Waals surface area contributed by atoms with Gasteiger partial charge in [0.15, 0.2) is 5.16 Å². The molecule has 2 aromatic rings. The van der Waals surface area contributed by atoms with Crippen molar-refractivity contribution in [2.24, 2.45) is 7.05 Å². The number of nitrogens with zero attached hydrogens (tertiary/aromatic N) is 3. The normalized spacial score (nSPS) is 10.6. The summed E-state index contributed by atoms with van der Waals surface area (Å²) in [4.78, 5) is 10.6. The van der Waals surface area contributed by atoms with Gasteiger partial charge in [-0.25, -0.2) is 0 Å². The monoisotopic (exact) mass is 307 g/mol. The van der Waals surface area contributed by atoms with Gasteiger partial charge in [0.05, 0.1) is 12.4 Å². The number of rotatable bonds is 7. The van der Waals surface area contributed by atoms with Gasteiger partial charge in [0, 0.05) is 13.5 Å². The van der Waals surface area contributed by atoms with E-state index in [0.29, 0.717) is 18.2 Å². The number of thioether (sulfide) groups is 1. The van der Waals surface area contributed by atoms with Gasteiger partial charge in [-0.05, 0) is 24.6 Å². The molecule has 0 bridgehead atoms. The molecule has 1 aromatic heterocycles. The molecule has 0 aliphatic heterocycles. The fourth-order valence-electron chi connectivity index (χ4n) is 1.80. The Balaban J connectivity index is 2.04. The summed E-state index contributed by atoms with van der Waals surface area (Å²) in [5.74, 6) is 0.759. The van der Waals surface area contributed by atoms with Gasteiger partial charge in [0.25, 0.3) is 0 Å². The summed E-state index contributed by atoms with van der Waals surface area (Å²) in [5, 5.41) is 17.4. The number of aliphatic carboxylic acids is 1. The lowest BCUT2D eigenvalue weighted by Crippen LogP contribution is -2.03. The molecule has 1 aromatic carbocycles. The number of carboxylic acids is 1. The van der Waals surface area contributed by atoms with Gasteiger partial charge in [0.1, 0.15) is 11.6 Å². The van der Waals surface area contributed by atoms with Crippen molar-refractivity contribution in [3.63, 3.8) is 0 Å². The van der Waals surface area contributed by atoms with E-state index in [9.17, 15) is 4.79 Å². The Labute approximate surface area is 127 Å². The molecule has 0 radical (unpaired) electrons. The zero-order valence-electron chi connectivity index (χ0n) is 11.9. The Bertz CT molecular complexity index is 610. The van der Waals surface area contributed by atoms with Gasteiger partial charge < -0.3 is 14.4 Å². The number of carboxylic acid groups (broad SMARTS) is 1. The van der Waals surface area contributed by atoms with Crippen molar-refractivity contribution in [1.29, 1.82) is 0 Å². The van der Waals surface area contributed by atoms with Crippen LogP contribution in [0.2, 0.25) is 0 Å². The SMILES string of the molecule is CCOc1ccc(Cc2nnc(SCC(=O)O)n2C)cc1.